The van der Waals surface area contributed by atoms with Gasteiger partial charge in [0.15, 0.2) is 5.78 Å². The summed E-state index contributed by atoms with van der Waals surface area (Å²) < 4.78 is 5.44. The van der Waals surface area contributed by atoms with Crippen molar-refractivity contribution in [2.45, 2.75) is 19.1 Å². The van der Waals surface area contributed by atoms with Gasteiger partial charge in [-0.3, -0.25) is 4.79 Å². The predicted octanol–water partition coefficient (Wildman–Crippen LogP) is 1.88. The Morgan fingerprint density at radius 3 is 2.59 bits per heavy atom. The van der Waals surface area contributed by atoms with E-state index in [4.69, 9.17) is 4.74 Å². The summed E-state index contributed by atoms with van der Waals surface area (Å²) in [5.74, 6) is -0.458. The molecule has 0 spiro atoms. The van der Waals surface area contributed by atoms with E-state index in [1.54, 1.807) is 6.92 Å². The normalized spacial score (nSPS) is 24.8. The maximum Gasteiger partial charge on any atom is 0.186 e. The number of aliphatic hydroxyl groups excluding tert-OH is 1. The monoisotopic (exact) mass is 232 g/mol. The Hall–Kier alpha value is -1.45. The minimum absolute atomic E-state index is 0.165. The second kappa shape index (κ2) is 4.82. The first-order valence-corrected chi connectivity index (χ1v) is 5.65. The van der Waals surface area contributed by atoms with Crippen molar-refractivity contribution in [2.75, 3.05) is 6.61 Å². The quantitative estimate of drug-likeness (QED) is 0.806. The zero-order chi connectivity index (χ0) is 12.4. The minimum atomic E-state index is -1.01. The fourth-order valence-electron chi connectivity index (χ4n) is 1.99. The molecule has 0 bridgehead atoms. The summed E-state index contributed by atoms with van der Waals surface area (Å²) in [5, 5.41) is 9.95. The maximum atomic E-state index is 11.6. The largest absolute Gasteiger partial charge is 0.384 e. The van der Waals surface area contributed by atoms with Crippen LogP contribution in [0.25, 0.3) is 0 Å². The number of ketones is 1. The van der Waals surface area contributed by atoms with E-state index in [9.17, 15) is 9.90 Å². The van der Waals surface area contributed by atoms with Crippen LogP contribution in [0.3, 0.4) is 0 Å². The van der Waals surface area contributed by atoms with Crippen molar-refractivity contribution in [3.63, 3.8) is 0 Å². The van der Waals surface area contributed by atoms with Gasteiger partial charge in [-0.15, -0.1) is 0 Å². The Morgan fingerprint density at radius 1 is 1.47 bits per heavy atom. The molecule has 3 nitrogen and oxygen atoms in total. The van der Waals surface area contributed by atoms with E-state index in [2.05, 4.69) is 6.58 Å². The van der Waals surface area contributed by atoms with Crippen LogP contribution in [0, 0.1) is 5.92 Å². The number of carbonyl (C=O) groups is 1. The van der Waals surface area contributed by atoms with Crippen molar-refractivity contribution in [3.05, 3.63) is 48.0 Å². The molecular weight excluding hydrogens is 216 g/mol. The van der Waals surface area contributed by atoms with Crippen molar-refractivity contribution < 1.29 is 14.6 Å². The lowest BCUT2D eigenvalue weighted by molar-refractivity contribution is -0.169. The van der Waals surface area contributed by atoms with Crippen LogP contribution in [0.2, 0.25) is 0 Å². The lowest BCUT2D eigenvalue weighted by Gasteiger charge is -2.39. The molecule has 1 aromatic rings. The molecule has 0 aromatic heterocycles. The topological polar surface area (TPSA) is 46.5 Å². The molecule has 90 valence electrons. The Morgan fingerprint density at radius 2 is 2.12 bits per heavy atom. The van der Waals surface area contributed by atoms with E-state index in [1.165, 1.54) is 0 Å². The summed E-state index contributed by atoms with van der Waals surface area (Å²) in [4.78, 5) is 11.6. The van der Waals surface area contributed by atoms with Crippen LogP contribution in [0.15, 0.2) is 42.5 Å². The van der Waals surface area contributed by atoms with Crippen LogP contribution in [-0.4, -0.2) is 23.6 Å². The van der Waals surface area contributed by atoms with Crippen molar-refractivity contribution in [1.82, 2.24) is 0 Å². The summed E-state index contributed by atoms with van der Waals surface area (Å²) in [7, 11) is 0. The van der Waals surface area contributed by atoms with Crippen LogP contribution >= 0.6 is 0 Å². The van der Waals surface area contributed by atoms with E-state index in [0.29, 0.717) is 12.2 Å². The van der Waals surface area contributed by atoms with Gasteiger partial charge in [-0.1, -0.05) is 36.9 Å². The molecule has 2 rings (SSSR count). The smallest absolute Gasteiger partial charge is 0.186 e. The number of hydrogen-bond donors (Lipinski definition) is 1. The molecule has 0 aliphatic carbocycles. The van der Waals surface area contributed by atoms with Crippen LogP contribution in [0.4, 0.5) is 0 Å². The van der Waals surface area contributed by atoms with Gasteiger partial charge in [-0.2, -0.15) is 0 Å². The van der Waals surface area contributed by atoms with Crippen molar-refractivity contribution in [3.8, 4) is 0 Å². The Kier molecular flexibility index (Phi) is 3.41. The van der Waals surface area contributed by atoms with E-state index in [-0.39, 0.29) is 17.8 Å². The van der Waals surface area contributed by atoms with Gasteiger partial charge >= 0.3 is 0 Å². The maximum absolute atomic E-state index is 11.6. The van der Waals surface area contributed by atoms with Gasteiger partial charge in [0, 0.05) is 5.92 Å². The van der Waals surface area contributed by atoms with Crippen LogP contribution in [0.1, 0.15) is 18.6 Å². The van der Waals surface area contributed by atoms with Crippen LogP contribution in [0.5, 0.6) is 0 Å². The molecule has 3 heteroatoms. The summed E-state index contributed by atoms with van der Waals surface area (Å²) in [6, 6.07) is 9.64. The molecule has 3 unspecified atom stereocenters. The van der Waals surface area contributed by atoms with Crippen molar-refractivity contribution >= 4 is 5.78 Å². The fourth-order valence-corrected chi connectivity index (χ4v) is 1.99. The molecule has 17 heavy (non-hydrogen) atoms. The van der Waals surface area contributed by atoms with Gasteiger partial charge in [0.2, 0.25) is 0 Å². The number of hydrogen-bond acceptors (Lipinski definition) is 3. The Bertz CT molecular complexity index is 424. The van der Waals surface area contributed by atoms with Crippen molar-refractivity contribution in [2.24, 2.45) is 5.92 Å². The van der Waals surface area contributed by atoms with E-state index in [0.717, 1.165) is 5.56 Å². The van der Waals surface area contributed by atoms with E-state index >= 15 is 0 Å². The minimum Gasteiger partial charge on any atom is -0.384 e. The van der Waals surface area contributed by atoms with Crippen LogP contribution < -0.4 is 0 Å². The van der Waals surface area contributed by atoms with E-state index in [1.807, 2.05) is 30.3 Å². The highest BCUT2D eigenvalue weighted by Crippen LogP contribution is 2.38. The first-order chi connectivity index (χ1) is 8.11. The van der Waals surface area contributed by atoms with Gasteiger partial charge in [-0.05, 0) is 18.1 Å². The number of rotatable bonds is 4. The molecule has 1 aromatic carbocycles. The van der Waals surface area contributed by atoms with Gasteiger partial charge < -0.3 is 9.84 Å². The third-order valence-corrected chi connectivity index (χ3v) is 3.08. The summed E-state index contributed by atoms with van der Waals surface area (Å²) in [6.07, 6.45) is -1.19. The molecule has 0 saturated carbocycles. The average molecular weight is 232 g/mol. The lowest BCUT2D eigenvalue weighted by atomic mass is 9.84. The fraction of sp³-hybridized carbons (Fsp3) is 0.357. The first-order valence-electron chi connectivity index (χ1n) is 5.65. The number of Topliss-reactive ketones (excluding diaryl/α,β-unsaturated/α-hetero) is 1. The molecule has 1 N–H and O–H groups in total. The third-order valence-electron chi connectivity index (χ3n) is 3.08. The summed E-state index contributed by atoms with van der Waals surface area (Å²) in [5.41, 5.74) is 1.38. The van der Waals surface area contributed by atoms with Crippen LogP contribution in [-0.2, 0) is 9.53 Å². The van der Waals surface area contributed by atoms with E-state index < -0.39 is 6.10 Å². The summed E-state index contributed by atoms with van der Waals surface area (Å²) in [6.45, 7) is 5.59. The number of benzene rings is 1. The van der Waals surface area contributed by atoms with Crippen molar-refractivity contribution in [1.29, 1.82) is 0 Å². The predicted molar refractivity (Wildman–Crippen MR) is 64.5 cm³/mol. The average Bonchev–Trinajstić information content (AvgIpc) is 2.27. The van der Waals surface area contributed by atoms with Gasteiger partial charge in [-0.25, -0.2) is 0 Å². The lowest BCUT2D eigenvalue weighted by Crippen LogP contribution is -2.44. The summed E-state index contributed by atoms with van der Waals surface area (Å²) >= 11 is 0. The second-order valence-electron chi connectivity index (χ2n) is 4.42. The molecular formula is C14H16O3. The first kappa shape index (κ1) is 12.0. The standard InChI is InChI=1S/C14H16O3/c1-9(2)12(15)13(16)11-8-17-14(11)10-6-4-3-5-7-10/h3-7,11,13-14,16H,1,8H2,2H3. The van der Waals surface area contributed by atoms with Gasteiger partial charge in [0.25, 0.3) is 0 Å². The SMILES string of the molecule is C=C(C)C(=O)C(O)C1COC1c1ccccc1. The highest BCUT2D eigenvalue weighted by Gasteiger charge is 2.41. The number of carbonyl (C=O) groups excluding carboxylic acids is 1. The molecule has 1 aliphatic rings. The Balaban J connectivity index is 2.09. The molecule has 1 saturated heterocycles. The Labute approximate surface area is 101 Å². The highest BCUT2D eigenvalue weighted by molar-refractivity contribution is 5.97. The molecule has 0 radical (unpaired) electrons. The molecule has 1 heterocycles. The zero-order valence-corrected chi connectivity index (χ0v) is 9.80. The molecule has 0 amide bonds. The second-order valence-corrected chi connectivity index (χ2v) is 4.42. The molecule has 1 aliphatic heterocycles. The van der Waals surface area contributed by atoms with Gasteiger partial charge in [0.05, 0.1) is 12.7 Å². The highest BCUT2D eigenvalue weighted by atomic mass is 16.5. The number of aliphatic hydroxyl groups is 1. The third kappa shape index (κ3) is 2.30. The zero-order valence-electron chi connectivity index (χ0n) is 9.80. The molecule has 1 fully saturated rings. The molecule has 3 atom stereocenters. The number of ether oxygens (including phenoxy) is 1. The van der Waals surface area contributed by atoms with Gasteiger partial charge in [0.1, 0.15) is 6.10 Å².